The number of nitrogens with zero attached hydrogens (tertiary/aromatic N) is 1. The minimum absolute atomic E-state index is 0.0848. The third kappa shape index (κ3) is 4.89. The topological polar surface area (TPSA) is 82.0 Å². The Labute approximate surface area is 196 Å². The number of nitrogens with one attached hydrogen (secondary N) is 2. The van der Waals surface area contributed by atoms with E-state index < -0.39 is 23.7 Å². The average Bonchev–Trinajstić information content (AvgIpc) is 2.80. The van der Waals surface area contributed by atoms with Crippen molar-refractivity contribution in [2.45, 2.75) is 25.3 Å². The Hall–Kier alpha value is -3.69. The number of halogens is 2. The van der Waals surface area contributed by atoms with Crippen LogP contribution in [-0.4, -0.2) is 11.8 Å². The third-order valence-corrected chi connectivity index (χ3v) is 6.16. The van der Waals surface area contributed by atoms with Crippen LogP contribution >= 0.6 is 11.6 Å². The van der Waals surface area contributed by atoms with Gasteiger partial charge in [-0.05, 0) is 66.1 Å². The van der Waals surface area contributed by atoms with Crippen LogP contribution in [0.4, 0.5) is 10.1 Å². The lowest BCUT2D eigenvalue weighted by molar-refractivity contribution is -0.129. The zero-order valence-corrected chi connectivity index (χ0v) is 18.6. The molecule has 1 unspecified atom stereocenters. The summed E-state index contributed by atoms with van der Waals surface area (Å²) in [7, 11) is 0. The van der Waals surface area contributed by atoms with Crippen molar-refractivity contribution in [2.24, 2.45) is 5.92 Å². The smallest absolute Gasteiger partial charge is 0.230 e. The number of rotatable bonds is 4. The van der Waals surface area contributed by atoms with Gasteiger partial charge in [-0.25, -0.2) is 4.39 Å². The lowest BCUT2D eigenvalue weighted by atomic mass is 9.73. The zero-order valence-electron chi connectivity index (χ0n) is 17.8. The molecule has 1 fully saturated rings. The van der Waals surface area contributed by atoms with Gasteiger partial charge in [0.1, 0.15) is 5.82 Å². The number of amides is 2. The molecule has 3 aromatic carbocycles. The molecule has 4 rings (SSSR count). The molecule has 5 nitrogen and oxygen atoms in total. The molecule has 0 radical (unpaired) electrons. The van der Waals surface area contributed by atoms with Crippen LogP contribution in [0, 0.1) is 30.0 Å². The van der Waals surface area contributed by atoms with E-state index in [1.165, 1.54) is 12.1 Å². The van der Waals surface area contributed by atoms with E-state index in [0.29, 0.717) is 21.8 Å². The van der Waals surface area contributed by atoms with Crippen LogP contribution in [-0.2, 0) is 9.59 Å². The van der Waals surface area contributed by atoms with Crippen molar-refractivity contribution < 1.29 is 14.0 Å². The van der Waals surface area contributed by atoms with Gasteiger partial charge in [-0.2, -0.15) is 5.26 Å². The molecule has 166 valence electrons. The largest absolute Gasteiger partial charge is 0.348 e. The van der Waals surface area contributed by atoms with Gasteiger partial charge >= 0.3 is 0 Å². The zero-order chi connectivity index (χ0) is 23.5. The van der Waals surface area contributed by atoms with Gasteiger partial charge in [-0.15, -0.1) is 0 Å². The fourth-order valence-electron chi connectivity index (χ4n) is 4.39. The van der Waals surface area contributed by atoms with Gasteiger partial charge in [-0.1, -0.05) is 35.9 Å². The quantitative estimate of drug-likeness (QED) is 0.556. The number of hydrogen-bond donors (Lipinski definition) is 2. The number of aryl methyl sites for hydroxylation is 1. The summed E-state index contributed by atoms with van der Waals surface area (Å²) in [6, 6.07) is 19.3. The van der Waals surface area contributed by atoms with E-state index in [1.807, 2.05) is 13.0 Å². The molecular formula is C26H21ClFN3O2. The SMILES string of the molecule is Cc1ccc(F)cc1[C@H]1NC(=O)C[C@@H](c2cccc(Cl)c2)C1C(=O)Nc1cccc(C#N)c1. The van der Waals surface area contributed by atoms with Crippen molar-refractivity contribution in [3.63, 3.8) is 0 Å². The minimum Gasteiger partial charge on any atom is -0.348 e. The van der Waals surface area contributed by atoms with Crippen LogP contribution in [0.3, 0.4) is 0 Å². The Balaban J connectivity index is 1.80. The van der Waals surface area contributed by atoms with Crippen LogP contribution in [0.1, 0.15) is 40.6 Å². The fraction of sp³-hybridized carbons (Fsp3) is 0.192. The molecule has 2 N–H and O–H groups in total. The number of carbonyl (C=O) groups excluding carboxylic acids is 2. The highest BCUT2D eigenvalue weighted by molar-refractivity contribution is 6.30. The molecule has 33 heavy (non-hydrogen) atoms. The summed E-state index contributed by atoms with van der Waals surface area (Å²) in [4.78, 5) is 26.4. The number of piperidine rings is 1. The second kappa shape index (κ2) is 9.43. The van der Waals surface area contributed by atoms with Crippen LogP contribution in [0.25, 0.3) is 0 Å². The normalized spacial score (nSPS) is 19.9. The summed E-state index contributed by atoms with van der Waals surface area (Å²) in [5, 5.41) is 15.5. The van der Waals surface area contributed by atoms with Crippen LogP contribution in [0.5, 0.6) is 0 Å². The van der Waals surface area contributed by atoms with Crippen molar-refractivity contribution in [1.29, 1.82) is 5.26 Å². The summed E-state index contributed by atoms with van der Waals surface area (Å²) in [5.74, 6) is -2.25. The Morgan fingerprint density at radius 3 is 2.70 bits per heavy atom. The van der Waals surface area contributed by atoms with E-state index in [9.17, 15) is 19.2 Å². The highest BCUT2D eigenvalue weighted by Crippen LogP contribution is 2.42. The van der Waals surface area contributed by atoms with E-state index in [1.54, 1.807) is 48.5 Å². The summed E-state index contributed by atoms with van der Waals surface area (Å²) < 4.78 is 14.2. The predicted molar refractivity (Wildman–Crippen MR) is 124 cm³/mol. The lowest BCUT2D eigenvalue weighted by Gasteiger charge is -2.38. The maximum Gasteiger partial charge on any atom is 0.230 e. The molecule has 3 aromatic rings. The number of hydrogen-bond acceptors (Lipinski definition) is 3. The first-order valence-corrected chi connectivity index (χ1v) is 10.9. The molecule has 0 spiro atoms. The van der Waals surface area contributed by atoms with Crippen molar-refractivity contribution >= 4 is 29.1 Å². The van der Waals surface area contributed by atoms with Crippen molar-refractivity contribution in [2.75, 3.05) is 5.32 Å². The van der Waals surface area contributed by atoms with Gasteiger partial charge in [-0.3, -0.25) is 9.59 Å². The Morgan fingerprint density at radius 1 is 1.15 bits per heavy atom. The standard InChI is InChI=1S/C26H21ClFN3O2/c1-15-8-9-19(28)12-21(15)25-24(26(33)30-20-7-2-4-16(10-20)14-29)22(13-23(32)31-25)17-5-3-6-18(27)11-17/h2-12,22,24-25H,13H2,1H3,(H,30,33)(H,31,32)/t22-,24?,25+/m0/s1. The molecule has 3 atom stereocenters. The Bertz CT molecular complexity index is 1270. The predicted octanol–water partition coefficient (Wildman–Crippen LogP) is 5.26. The molecule has 0 aliphatic carbocycles. The summed E-state index contributed by atoms with van der Waals surface area (Å²) in [5.41, 5.74) is 2.94. The Morgan fingerprint density at radius 2 is 1.94 bits per heavy atom. The first-order chi connectivity index (χ1) is 15.9. The Kier molecular flexibility index (Phi) is 6.43. The number of nitriles is 1. The average molecular weight is 462 g/mol. The first kappa shape index (κ1) is 22.5. The van der Waals surface area contributed by atoms with Crippen molar-refractivity contribution in [1.82, 2.24) is 5.32 Å². The van der Waals surface area contributed by atoms with Crippen LogP contribution in [0.15, 0.2) is 66.7 Å². The van der Waals surface area contributed by atoms with E-state index >= 15 is 0 Å². The minimum atomic E-state index is -0.745. The molecule has 1 heterocycles. The van der Waals surface area contributed by atoms with Gasteiger partial charge < -0.3 is 10.6 Å². The van der Waals surface area contributed by atoms with Crippen molar-refractivity contribution in [3.8, 4) is 6.07 Å². The molecule has 2 amide bonds. The highest BCUT2D eigenvalue weighted by atomic mass is 35.5. The molecule has 0 saturated carbocycles. The van der Waals surface area contributed by atoms with E-state index in [4.69, 9.17) is 11.6 Å². The van der Waals surface area contributed by atoms with Gasteiger partial charge in [0.05, 0.1) is 23.6 Å². The molecular weight excluding hydrogens is 441 g/mol. The molecule has 1 aliphatic heterocycles. The third-order valence-electron chi connectivity index (χ3n) is 5.93. The first-order valence-electron chi connectivity index (χ1n) is 10.5. The molecule has 0 aromatic heterocycles. The van der Waals surface area contributed by atoms with Crippen molar-refractivity contribution in [3.05, 3.63) is 99.8 Å². The highest BCUT2D eigenvalue weighted by Gasteiger charge is 2.43. The van der Waals surface area contributed by atoms with E-state index in [2.05, 4.69) is 16.7 Å². The molecule has 7 heteroatoms. The van der Waals surface area contributed by atoms with Gasteiger partial charge in [0, 0.05) is 23.0 Å². The number of benzene rings is 3. The molecule has 1 aliphatic rings. The van der Waals surface area contributed by atoms with Crippen LogP contribution in [0.2, 0.25) is 5.02 Å². The van der Waals surface area contributed by atoms with Gasteiger partial charge in [0.15, 0.2) is 0 Å². The number of carbonyl (C=O) groups is 2. The van der Waals surface area contributed by atoms with E-state index in [0.717, 1.165) is 11.1 Å². The monoisotopic (exact) mass is 461 g/mol. The fourth-order valence-corrected chi connectivity index (χ4v) is 4.59. The summed E-state index contributed by atoms with van der Waals surface area (Å²) in [6.45, 7) is 1.81. The lowest BCUT2D eigenvalue weighted by Crippen LogP contribution is -2.47. The molecule has 0 bridgehead atoms. The molecule has 1 saturated heterocycles. The van der Waals surface area contributed by atoms with E-state index in [-0.39, 0.29) is 18.2 Å². The van der Waals surface area contributed by atoms with Crippen LogP contribution < -0.4 is 10.6 Å². The van der Waals surface area contributed by atoms with Gasteiger partial charge in [0.2, 0.25) is 11.8 Å². The van der Waals surface area contributed by atoms with Gasteiger partial charge in [0.25, 0.3) is 0 Å². The second-order valence-electron chi connectivity index (χ2n) is 8.12. The number of anilines is 1. The maximum absolute atomic E-state index is 14.2. The second-order valence-corrected chi connectivity index (χ2v) is 8.56. The summed E-state index contributed by atoms with van der Waals surface area (Å²) >= 11 is 6.21. The summed E-state index contributed by atoms with van der Waals surface area (Å²) in [6.07, 6.45) is 0.0848. The maximum atomic E-state index is 14.2.